The number of carbonyl (C=O) groups is 2. The number of rotatable bonds is 5. The van der Waals surface area contributed by atoms with Crippen molar-refractivity contribution in [3.63, 3.8) is 0 Å². The Morgan fingerprint density at radius 3 is 2.05 bits per heavy atom. The molecule has 2 aromatic carbocycles. The molecule has 2 aliphatic heterocycles. The Balaban J connectivity index is 1.35. The first-order valence-electron chi connectivity index (χ1n) is 12.9. The van der Waals surface area contributed by atoms with Gasteiger partial charge in [-0.05, 0) is 67.9 Å². The number of nitrogens with zero attached hydrogens (tertiary/aromatic N) is 3. The molecule has 0 aromatic heterocycles. The van der Waals surface area contributed by atoms with Crippen molar-refractivity contribution < 1.29 is 32.3 Å². The third-order valence-corrected chi connectivity index (χ3v) is 8.26. The van der Waals surface area contributed by atoms with E-state index in [1.165, 1.54) is 4.90 Å². The summed E-state index contributed by atoms with van der Waals surface area (Å²) >= 11 is 6.37. The summed E-state index contributed by atoms with van der Waals surface area (Å²) in [7, 11) is 3.33. The second-order valence-electron chi connectivity index (χ2n) is 10.5. The van der Waals surface area contributed by atoms with E-state index < -0.39 is 29.1 Å². The van der Waals surface area contributed by atoms with Gasteiger partial charge >= 0.3 is 6.18 Å². The molecule has 212 valence electrons. The monoisotopic (exact) mass is 569 g/mol. The second-order valence-corrected chi connectivity index (χ2v) is 10.9. The van der Waals surface area contributed by atoms with Gasteiger partial charge in [-0.25, -0.2) is 4.39 Å². The fourth-order valence-electron chi connectivity index (χ4n) is 5.67. The number of likely N-dealkylation sites (tertiary alicyclic amines) is 1. The first-order chi connectivity index (χ1) is 18.3. The predicted octanol–water partition coefficient (Wildman–Crippen LogP) is 5.09. The van der Waals surface area contributed by atoms with Gasteiger partial charge in [0.05, 0.1) is 10.6 Å². The molecule has 1 unspecified atom stereocenters. The van der Waals surface area contributed by atoms with Gasteiger partial charge in [-0.2, -0.15) is 13.2 Å². The molecule has 1 N–H and O–H groups in total. The van der Waals surface area contributed by atoms with Crippen molar-refractivity contribution in [2.24, 2.45) is 11.8 Å². The predicted molar refractivity (Wildman–Crippen MR) is 140 cm³/mol. The van der Waals surface area contributed by atoms with Crippen LogP contribution in [0.2, 0.25) is 5.02 Å². The van der Waals surface area contributed by atoms with E-state index in [9.17, 15) is 32.3 Å². The van der Waals surface area contributed by atoms with Gasteiger partial charge in [0.25, 0.3) is 17.4 Å². The highest BCUT2D eigenvalue weighted by Gasteiger charge is 2.62. The molecule has 1 atom stereocenters. The summed E-state index contributed by atoms with van der Waals surface area (Å²) in [5, 5.41) is 11.0. The van der Waals surface area contributed by atoms with E-state index in [0.717, 1.165) is 54.7 Å². The van der Waals surface area contributed by atoms with E-state index in [2.05, 4.69) is 4.90 Å². The molecule has 6 nitrogen and oxygen atoms in total. The maximum absolute atomic E-state index is 13.9. The molecule has 0 radical (unpaired) electrons. The highest BCUT2D eigenvalue weighted by molar-refractivity contribution is 6.34. The van der Waals surface area contributed by atoms with Crippen LogP contribution in [0.15, 0.2) is 42.5 Å². The Labute approximate surface area is 230 Å². The summed E-state index contributed by atoms with van der Waals surface area (Å²) in [6.45, 7) is 1.73. The van der Waals surface area contributed by atoms with Gasteiger partial charge in [0.1, 0.15) is 5.82 Å². The third-order valence-electron chi connectivity index (χ3n) is 7.95. The molecule has 0 spiro atoms. The molecule has 2 aromatic rings. The minimum absolute atomic E-state index is 0.0917. The largest absolute Gasteiger partial charge is 0.430 e. The highest BCUT2D eigenvalue weighted by Crippen LogP contribution is 2.42. The van der Waals surface area contributed by atoms with E-state index in [1.54, 1.807) is 26.2 Å². The number of aliphatic hydroxyl groups is 1. The molecule has 39 heavy (non-hydrogen) atoms. The lowest BCUT2D eigenvalue weighted by molar-refractivity contribution is -0.262. The van der Waals surface area contributed by atoms with Crippen molar-refractivity contribution in [3.05, 3.63) is 64.4 Å². The Bertz CT molecular complexity index is 1210. The molecular formula is C28H32ClF4N3O3. The zero-order valence-corrected chi connectivity index (χ0v) is 22.6. The molecule has 2 amide bonds. The first kappa shape index (κ1) is 29.1. The normalized spacial score (nSPS) is 19.1. The Morgan fingerprint density at radius 2 is 1.54 bits per heavy atom. The number of hydrogen-bond donors (Lipinski definition) is 1. The lowest BCUT2D eigenvalue weighted by atomic mass is 9.78. The highest BCUT2D eigenvalue weighted by atomic mass is 35.5. The number of amides is 2. The smallest absolute Gasteiger partial charge is 0.371 e. The number of alkyl halides is 3. The van der Waals surface area contributed by atoms with Crippen LogP contribution in [0.1, 0.15) is 41.6 Å². The van der Waals surface area contributed by atoms with Crippen LogP contribution < -0.4 is 4.90 Å². The number of benzene rings is 2. The minimum atomic E-state index is -5.30. The summed E-state index contributed by atoms with van der Waals surface area (Å²) < 4.78 is 55.5. The second kappa shape index (κ2) is 11.3. The molecule has 2 aliphatic rings. The fourth-order valence-corrected chi connectivity index (χ4v) is 5.92. The van der Waals surface area contributed by atoms with Crippen molar-refractivity contribution in [2.45, 2.75) is 37.5 Å². The molecule has 4 rings (SSSR count). The van der Waals surface area contributed by atoms with Crippen LogP contribution in [0.25, 0.3) is 0 Å². The Morgan fingerprint density at radius 1 is 0.949 bits per heavy atom. The number of piperidine rings is 2. The van der Waals surface area contributed by atoms with E-state index >= 15 is 0 Å². The van der Waals surface area contributed by atoms with Crippen LogP contribution in [-0.4, -0.2) is 73.2 Å². The zero-order valence-electron chi connectivity index (χ0n) is 21.8. The molecule has 11 heteroatoms. The van der Waals surface area contributed by atoms with Gasteiger partial charge in [0.2, 0.25) is 0 Å². The number of anilines is 1. The van der Waals surface area contributed by atoms with Crippen LogP contribution in [0.3, 0.4) is 0 Å². The third kappa shape index (κ3) is 5.87. The van der Waals surface area contributed by atoms with Crippen LogP contribution in [0, 0.1) is 17.7 Å². The zero-order chi connectivity index (χ0) is 28.5. The quantitative estimate of drug-likeness (QED) is 0.510. The van der Waals surface area contributed by atoms with Crippen molar-refractivity contribution in [2.75, 3.05) is 45.2 Å². The van der Waals surface area contributed by atoms with Gasteiger partial charge in [-0.15, -0.1) is 0 Å². The van der Waals surface area contributed by atoms with Crippen LogP contribution in [0.5, 0.6) is 0 Å². The van der Waals surface area contributed by atoms with Gasteiger partial charge < -0.3 is 19.8 Å². The topological polar surface area (TPSA) is 64.1 Å². The van der Waals surface area contributed by atoms with Crippen LogP contribution in [0.4, 0.5) is 23.2 Å². The van der Waals surface area contributed by atoms with Crippen molar-refractivity contribution >= 4 is 29.1 Å². The van der Waals surface area contributed by atoms with Crippen LogP contribution in [-0.2, 0) is 10.4 Å². The van der Waals surface area contributed by atoms with Crippen molar-refractivity contribution in [3.8, 4) is 0 Å². The average molecular weight is 570 g/mol. The molecule has 2 fully saturated rings. The Kier molecular flexibility index (Phi) is 8.47. The summed E-state index contributed by atoms with van der Waals surface area (Å²) in [6.07, 6.45) is -2.49. The standard InChI is InChI=1S/C28H32ClF4N3O3/c1-34(2)25(37)23-7-6-22(17-24(23)29)35-12-8-18(9-13-35)19-10-14-36(15-11-19)26(38)27(39,28(31,32)33)20-4-3-5-21(30)16-20/h3-7,16-19,39H,8-15H2,1-2H3. The minimum Gasteiger partial charge on any atom is -0.371 e. The molecular weight excluding hydrogens is 538 g/mol. The lowest BCUT2D eigenvalue weighted by Crippen LogP contribution is -2.57. The maximum Gasteiger partial charge on any atom is 0.430 e. The average Bonchev–Trinajstić information content (AvgIpc) is 2.91. The Hall–Kier alpha value is -2.85. The van der Waals surface area contributed by atoms with Gasteiger partial charge in [0.15, 0.2) is 0 Å². The van der Waals surface area contributed by atoms with Crippen molar-refractivity contribution in [1.29, 1.82) is 0 Å². The van der Waals surface area contributed by atoms with Gasteiger partial charge in [-0.1, -0.05) is 23.7 Å². The lowest BCUT2D eigenvalue weighted by Gasteiger charge is -2.42. The van der Waals surface area contributed by atoms with Gasteiger partial charge in [-0.3, -0.25) is 9.59 Å². The van der Waals surface area contributed by atoms with Crippen LogP contribution >= 0.6 is 11.6 Å². The molecule has 0 aliphatic carbocycles. The molecule has 0 bridgehead atoms. The summed E-state index contributed by atoms with van der Waals surface area (Å²) in [6, 6.07) is 8.86. The van der Waals surface area contributed by atoms with E-state index in [1.807, 2.05) is 6.07 Å². The summed E-state index contributed by atoms with van der Waals surface area (Å²) in [5.74, 6) is -2.00. The summed E-state index contributed by atoms with van der Waals surface area (Å²) in [4.78, 5) is 29.9. The number of carbonyl (C=O) groups excluding carboxylic acids is 2. The number of hydrogen-bond acceptors (Lipinski definition) is 4. The van der Waals surface area contributed by atoms with Gasteiger partial charge in [0, 0.05) is 51.5 Å². The summed E-state index contributed by atoms with van der Waals surface area (Å²) in [5.41, 5.74) is -3.26. The van der Waals surface area contributed by atoms with E-state index in [0.29, 0.717) is 35.4 Å². The fraction of sp³-hybridized carbons (Fsp3) is 0.500. The number of halogens is 5. The van der Waals surface area contributed by atoms with Crippen molar-refractivity contribution in [1.82, 2.24) is 9.80 Å². The first-order valence-corrected chi connectivity index (χ1v) is 13.3. The van der Waals surface area contributed by atoms with E-state index in [4.69, 9.17) is 11.6 Å². The SMILES string of the molecule is CN(C)C(=O)c1ccc(N2CCC(C3CCN(C(=O)C(O)(c4cccc(F)c4)C(F)(F)F)CC3)CC2)cc1Cl. The molecule has 2 saturated heterocycles. The maximum atomic E-state index is 13.9. The van der Waals surface area contributed by atoms with E-state index in [-0.39, 0.29) is 24.9 Å². The molecule has 0 saturated carbocycles. The molecule has 2 heterocycles.